The van der Waals surface area contributed by atoms with E-state index in [2.05, 4.69) is 6.58 Å². The number of fused-ring (bicyclic) bond motifs is 4. The van der Waals surface area contributed by atoms with Crippen molar-refractivity contribution in [3.05, 3.63) is 48.0 Å². The highest BCUT2D eigenvalue weighted by molar-refractivity contribution is 5.90. The summed E-state index contributed by atoms with van der Waals surface area (Å²) < 4.78 is 41.7. The minimum atomic E-state index is -2.71. The third kappa shape index (κ3) is 7.20. The zero-order valence-corrected chi connectivity index (χ0v) is 30.7. The fraction of sp³-hybridized carbons (Fsp3) is 0.595. The van der Waals surface area contributed by atoms with E-state index in [9.17, 15) is 38.7 Å². The van der Waals surface area contributed by atoms with Crippen molar-refractivity contribution in [3.63, 3.8) is 0 Å². The molecule has 3 fully saturated rings. The average Bonchev–Trinajstić information content (AvgIpc) is 3.45. The van der Waals surface area contributed by atoms with Crippen LogP contribution in [-0.2, 0) is 61.9 Å². The van der Waals surface area contributed by atoms with E-state index in [0.717, 1.165) is 34.6 Å². The van der Waals surface area contributed by atoms with Crippen LogP contribution >= 0.6 is 0 Å². The molecule has 1 aromatic rings. The number of carbonyl (C=O) groups excluding carboxylic acids is 7. The molecule has 1 aromatic carbocycles. The lowest BCUT2D eigenvalue weighted by atomic mass is 9.68. The highest BCUT2D eigenvalue weighted by Gasteiger charge is 2.77. The van der Waals surface area contributed by atoms with Gasteiger partial charge in [-0.25, -0.2) is 4.79 Å². The predicted molar refractivity (Wildman–Crippen MR) is 177 cm³/mol. The summed E-state index contributed by atoms with van der Waals surface area (Å²) >= 11 is 0. The third-order valence-electron chi connectivity index (χ3n) is 10.1. The first kappa shape index (κ1) is 40.1. The van der Waals surface area contributed by atoms with E-state index in [1.807, 2.05) is 0 Å². The number of ether oxygens (including phenoxy) is 7. The van der Waals surface area contributed by atoms with E-state index >= 15 is 0 Å². The van der Waals surface area contributed by atoms with Crippen LogP contribution in [0.2, 0.25) is 0 Å². The number of hydrogen-bond acceptors (Lipinski definition) is 15. The Kier molecular flexibility index (Phi) is 11.4. The largest absolute Gasteiger partial charge is 0.462 e. The van der Waals surface area contributed by atoms with Gasteiger partial charge in [0.2, 0.25) is 5.79 Å². The van der Waals surface area contributed by atoms with Crippen molar-refractivity contribution in [2.45, 2.75) is 117 Å². The van der Waals surface area contributed by atoms with Gasteiger partial charge in [0.05, 0.1) is 17.4 Å². The van der Waals surface area contributed by atoms with Crippen LogP contribution in [-0.4, -0.2) is 94.7 Å². The normalized spacial score (nSPS) is 35.2. The second-order valence-corrected chi connectivity index (χ2v) is 14.3. The van der Waals surface area contributed by atoms with Crippen LogP contribution in [0.3, 0.4) is 0 Å². The number of ketones is 1. The van der Waals surface area contributed by atoms with Gasteiger partial charge >= 0.3 is 35.8 Å². The lowest BCUT2D eigenvalue weighted by Gasteiger charge is -2.49. The average molecular weight is 731 g/mol. The van der Waals surface area contributed by atoms with Crippen LogP contribution in [0, 0.1) is 23.2 Å². The molecule has 0 unspecified atom stereocenters. The predicted octanol–water partition coefficient (Wildman–Crippen LogP) is 2.79. The van der Waals surface area contributed by atoms with Gasteiger partial charge in [0.1, 0.15) is 18.3 Å². The molecule has 284 valence electrons. The van der Waals surface area contributed by atoms with Gasteiger partial charge in [0.25, 0.3) is 0 Å². The summed E-state index contributed by atoms with van der Waals surface area (Å²) in [4.78, 5) is 92.5. The van der Waals surface area contributed by atoms with Crippen molar-refractivity contribution in [1.82, 2.24) is 0 Å². The Morgan fingerprint density at radius 1 is 0.769 bits per heavy atom. The molecule has 1 aliphatic carbocycles. The van der Waals surface area contributed by atoms with Gasteiger partial charge < -0.3 is 38.3 Å². The molecule has 0 spiro atoms. The zero-order chi connectivity index (χ0) is 39.1. The first-order valence-corrected chi connectivity index (χ1v) is 16.9. The van der Waals surface area contributed by atoms with Crippen molar-refractivity contribution in [2.24, 2.45) is 23.2 Å². The molecule has 15 nitrogen and oxygen atoms in total. The molecule has 4 rings (SSSR count). The maximum atomic E-state index is 14.4. The molecule has 2 bridgehead atoms. The van der Waals surface area contributed by atoms with Crippen molar-refractivity contribution >= 4 is 41.6 Å². The van der Waals surface area contributed by atoms with Crippen molar-refractivity contribution in [2.75, 3.05) is 0 Å². The number of benzene rings is 1. The molecule has 2 heterocycles. The van der Waals surface area contributed by atoms with E-state index in [0.29, 0.717) is 0 Å². The van der Waals surface area contributed by atoms with Gasteiger partial charge in [0, 0.05) is 45.6 Å². The summed E-state index contributed by atoms with van der Waals surface area (Å²) in [7, 11) is 0. The first-order valence-electron chi connectivity index (χ1n) is 16.9. The Balaban J connectivity index is 2.16. The van der Waals surface area contributed by atoms with Gasteiger partial charge in [-0.1, -0.05) is 52.5 Å². The SMILES string of the molecule is C=C1[C@@H](OC(C)=O)[C@H](OC(=O)c2ccccc2)[C@H](OC(C)=O)C(C)(C)[C@H]2O[C@](O)([C@H](C)C2=O)[C@@]2(OC(C)=O)C[C@H](C)[C@@H](OC(C)=O)[C@@H]2[C@H]1OC(C)=O. The third-order valence-corrected chi connectivity index (χ3v) is 10.1. The van der Waals surface area contributed by atoms with Gasteiger partial charge in [-0.05, 0) is 24.5 Å². The molecule has 1 N–H and O–H groups in total. The quantitative estimate of drug-likeness (QED) is 0.243. The number of Topliss-reactive ketones (excluding diaryl/α,β-unsaturated/α-hetero) is 1. The van der Waals surface area contributed by atoms with E-state index in [-0.39, 0.29) is 17.6 Å². The van der Waals surface area contributed by atoms with Crippen LogP contribution in [0.1, 0.15) is 79.1 Å². The summed E-state index contributed by atoms with van der Waals surface area (Å²) in [5.74, 6) is -12.7. The Bertz CT molecular complexity index is 1630. The molecule has 0 radical (unpaired) electrons. The molecular formula is C37H46O15. The number of aliphatic hydroxyl groups is 1. The van der Waals surface area contributed by atoms with Gasteiger partial charge in [-0.2, -0.15) is 0 Å². The minimum absolute atomic E-state index is 0.0459. The van der Waals surface area contributed by atoms with Gasteiger partial charge in [-0.3, -0.25) is 28.8 Å². The number of carbonyl (C=O) groups is 7. The lowest BCUT2D eigenvalue weighted by molar-refractivity contribution is -0.334. The molecule has 0 aromatic heterocycles. The van der Waals surface area contributed by atoms with Gasteiger partial charge in [-0.15, -0.1) is 0 Å². The van der Waals surface area contributed by atoms with Crippen LogP contribution < -0.4 is 0 Å². The molecule has 11 atom stereocenters. The smallest absolute Gasteiger partial charge is 0.338 e. The van der Waals surface area contributed by atoms with Crippen LogP contribution in [0.15, 0.2) is 42.5 Å². The van der Waals surface area contributed by atoms with E-state index in [4.69, 9.17) is 33.2 Å². The molecule has 3 aliphatic rings. The van der Waals surface area contributed by atoms with E-state index < -0.39 is 113 Å². The lowest BCUT2D eigenvalue weighted by Crippen LogP contribution is -2.66. The van der Waals surface area contributed by atoms with Crippen LogP contribution in [0.5, 0.6) is 0 Å². The van der Waals surface area contributed by atoms with E-state index in [1.165, 1.54) is 32.9 Å². The standard InChI is InChI=1S/C37H46O15/c1-17-16-36(51-24(8)42)26(28(17)46-20(4)38)29(47-21(5)39)18(2)30(48-22(6)40)31(50-34(44)25-14-12-11-13-15-25)33(49-23(7)41)35(9,10)32-27(43)19(3)37(36,45)52-32/h11-15,17,19,26,28-33,45H,2,16H2,1,3-10H3/t17-,19+,26+,28+,29-,30+,31-,32-,33-,36+,37+/m0/s1. The molecular weight excluding hydrogens is 684 g/mol. The zero-order valence-electron chi connectivity index (χ0n) is 30.7. The van der Waals surface area contributed by atoms with Crippen LogP contribution in [0.25, 0.3) is 0 Å². The molecule has 2 saturated heterocycles. The first-order chi connectivity index (χ1) is 24.1. The van der Waals surface area contributed by atoms with Crippen LogP contribution in [0.4, 0.5) is 0 Å². The minimum Gasteiger partial charge on any atom is -0.462 e. The highest BCUT2D eigenvalue weighted by atomic mass is 16.7. The second-order valence-electron chi connectivity index (χ2n) is 14.3. The summed E-state index contributed by atoms with van der Waals surface area (Å²) in [5.41, 5.74) is -4.28. The molecule has 15 heteroatoms. The van der Waals surface area contributed by atoms with Gasteiger partial charge in [0.15, 0.2) is 29.7 Å². The van der Waals surface area contributed by atoms with Crippen molar-refractivity contribution < 1.29 is 71.8 Å². The summed E-state index contributed by atoms with van der Waals surface area (Å²) in [6, 6.07) is 7.68. The fourth-order valence-electron chi connectivity index (χ4n) is 7.99. The van der Waals surface area contributed by atoms with Crippen molar-refractivity contribution in [1.29, 1.82) is 0 Å². The highest BCUT2D eigenvalue weighted by Crippen LogP contribution is 2.60. The fourth-order valence-corrected chi connectivity index (χ4v) is 7.99. The Morgan fingerprint density at radius 3 is 1.83 bits per heavy atom. The Morgan fingerprint density at radius 2 is 1.31 bits per heavy atom. The monoisotopic (exact) mass is 730 g/mol. The number of esters is 6. The molecule has 1 saturated carbocycles. The maximum absolute atomic E-state index is 14.4. The number of hydrogen-bond donors (Lipinski definition) is 1. The molecule has 52 heavy (non-hydrogen) atoms. The van der Waals surface area contributed by atoms with Crippen molar-refractivity contribution in [3.8, 4) is 0 Å². The maximum Gasteiger partial charge on any atom is 0.338 e. The summed E-state index contributed by atoms with van der Waals surface area (Å²) in [6.45, 7) is 15.4. The molecule has 0 amide bonds. The second kappa shape index (κ2) is 14.8. The number of rotatable bonds is 7. The Labute approximate surface area is 301 Å². The topological polar surface area (TPSA) is 204 Å². The summed E-state index contributed by atoms with van der Waals surface area (Å²) in [5, 5.41) is 12.8. The van der Waals surface area contributed by atoms with E-state index in [1.54, 1.807) is 25.1 Å². The Hall–Kier alpha value is -4.63. The molecule has 2 aliphatic heterocycles. The summed E-state index contributed by atoms with van der Waals surface area (Å²) in [6.07, 6.45) is -10.4.